The Balaban J connectivity index is 2.32. The first-order valence-electron chi connectivity index (χ1n) is 4.77. The Morgan fingerprint density at radius 2 is 2.12 bits per heavy atom. The molecule has 6 heteroatoms. The van der Waals surface area contributed by atoms with Gasteiger partial charge in [-0.1, -0.05) is 11.6 Å². The van der Waals surface area contributed by atoms with Crippen LogP contribution < -0.4 is 15.2 Å². The van der Waals surface area contributed by atoms with E-state index >= 15 is 0 Å². The van der Waals surface area contributed by atoms with Crippen LogP contribution in [0, 0.1) is 0 Å². The topological polar surface area (TPSA) is 70.3 Å². The first-order chi connectivity index (χ1) is 8.20. The van der Waals surface area contributed by atoms with Crippen molar-refractivity contribution >= 4 is 17.4 Å². The summed E-state index contributed by atoms with van der Waals surface area (Å²) in [6, 6.07) is 5.07. The first kappa shape index (κ1) is 11.5. The Morgan fingerprint density at radius 3 is 2.82 bits per heavy atom. The summed E-state index contributed by atoms with van der Waals surface area (Å²) in [5.74, 6) is 1.67. The van der Waals surface area contributed by atoms with Gasteiger partial charge in [0.2, 0.25) is 0 Å². The van der Waals surface area contributed by atoms with Crippen LogP contribution in [0.3, 0.4) is 0 Å². The van der Waals surface area contributed by atoms with Crippen molar-refractivity contribution in [1.82, 2.24) is 9.97 Å². The molecule has 17 heavy (non-hydrogen) atoms. The summed E-state index contributed by atoms with van der Waals surface area (Å²) in [5, 5.41) is 0.453. The van der Waals surface area contributed by atoms with Gasteiger partial charge in [0.05, 0.1) is 18.3 Å². The number of aromatic nitrogens is 2. The third kappa shape index (κ3) is 2.57. The highest BCUT2D eigenvalue weighted by atomic mass is 35.5. The van der Waals surface area contributed by atoms with Crippen molar-refractivity contribution in [2.24, 2.45) is 0 Å². The van der Waals surface area contributed by atoms with Gasteiger partial charge in [-0.3, -0.25) is 0 Å². The summed E-state index contributed by atoms with van der Waals surface area (Å²) >= 11 is 5.99. The third-order valence-electron chi connectivity index (χ3n) is 2.07. The van der Waals surface area contributed by atoms with Gasteiger partial charge in [0, 0.05) is 6.07 Å². The van der Waals surface area contributed by atoms with Gasteiger partial charge in [0.25, 0.3) is 0 Å². The second-order valence-corrected chi connectivity index (χ2v) is 3.58. The van der Waals surface area contributed by atoms with E-state index in [-0.39, 0.29) is 5.82 Å². The fourth-order valence-corrected chi connectivity index (χ4v) is 1.37. The van der Waals surface area contributed by atoms with E-state index in [1.54, 1.807) is 25.3 Å². The number of hydrogen-bond donors (Lipinski definition) is 1. The molecule has 1 aromatic heterocycles. The van der Waals surface area contributed by atoms with Crippen molar-refractivity contribution in [1.29, 1.82) is 0 Å². The molecule has 88 valence electrons. The Morgan fingerprint density at radius 1 is 1.29 bits per heavy atom. The second-order valence-electron chi connectivity index (χ2n) is 3.17. The smallest absolute Gasteiger partial charge is 0.187 e. The normalized spacial score (nSPS) is 10.0. The number of nitrogen functional groups attached to an aromatic ring is 1. The SMILES string of the molecule is COc1ccc(Cl)c(Oc2cncnc2N)c1. The molecule has 1 aromatic carbocycles. The van der Waals surface area contributed by atoms with Crippen LogP contribution in [0.4, 0.5) is 5.82 Å². The molecule has 0 amide bonds. The fraction of sp³-hybridized carbons (Fsp3) is 0.0909. The van der Waals surface area contributed by atoms with E-state index in [0.29, 0.717) is 22.3 Å². The van der Waals surface area contributed by atoms with E-state index in [9.17, 15) is 0 Å². The van der Waals surface area contributed by atoms with Crippen LogP contribution in [0.25, 0.3) is 0 Å². The summed E-state index contributed by atoms with van der Waals surface area (Å²) in [6.07, 6.45) is 2.81. The number of benzene rings is 1. The van der Waals surface area contributed by atoms with Gasteiger partial charge in [-0.2, -0.15) is 0 Å². The molecule has 0 aliphatic rings. The standard InChI is InChI=1S/C11H10ClN3O2/c1-16-7-2-3-8(12)9(4-7)17-10-5-14-6-15-11(10)13/h2-6H,1H3,(H2,13,14,15). The number of hydrogen-bond acceptors (Lipinski definition) is 5. The van der Waals surface area contributed by atoms with Crippen LogP contribution in [-0.2, 0) is 0 Å². The molecule has 0 spiro atoms. The molecule has 0 fully saturated rings. The van der Waals surface area contributed by atoms with Gasteiger partial charge in [-0.15, -0.1) is 0 Å². The zero-order chi connectivity index (χ0) is 12.3. The Labute approximate surface area is 103 Å². The third-order valence-corrected chi connectivity index (χ3v) is 2.38. The number of ether oxygens (including phenoxy) is 2. The van der Waals surface area contributed by atoms with Crippen molar-refractivity contribution in [3.8, 4) is 17.2 Å². The quantitative estimate of drug-likeness (QED) is 0.908. The van der Waals surface area contributed by atoms with Crippen LogP contribution >= 0.6 is 11.6 Å². The first-order valence-corrected chi connectivity index (χ1v) is 5.15. The van der Waals surface area contributed by atoms with Crippen molar-refractivity contribution in [3.63, 3.8) is 0 Å². The second kappa shape index (κ2) is 4.88. The molecule has 5 nitrogen and oxygen atoms in total. The molecule has 0 saturated heterocycles. The molecule has 0 bridgehead atoms. The average molecular weight is 252 g/mol. The van der Waals surface area contributed by atoms with Crippen molar-refractivity contribution < 1.29 is 9.47 Å². The van der Waals surface area contributed by atoms with Gasteiger partial charge < -0.3 is 15.2 Å². The van der Waals surface area contributed by atoms with Gasteiger partial charge in [0.15, 0.2) is 11.6 Å². The van der Waals surface area contributed by atoms with E-state index in [2.05, 4.69) is 9.97 Å². The molecular formula is C11H10ClN3O2. The lowest BCUT2D eigenvalue weighted by Crippen LogP contribution is -1.96. The average Bonchev–Trinajstić information content (AvgIpc) is 2.35. The number of rotatable bonds is 3. The predicted molar refractivity (Wildman–Crippen MR) is 64.5 cm³/mol. The Bertz CT molecular complexity index is 534. The summed E-state index contributed by atoms with van der Waals surface area (Å²) in [7, 11) is 1.56. The summed E-state index contributed by atoms with van der Waals surface area (Å²) < 4.78 is 10.6. The van der Waals surface area contributed by atoms with Crippen LogP contribution in [0.15, 0.2) is 30.7 Å². The van der Waals surface area contributed by atoms with Gasteiger partial charge in [-0.25, -0.2) is 9.97 Å². The highest BCUT2D eigenvalue weighted by Gasteiger charge is 2.08. The largest absolute Gasteiger partial charge is 0.497 e. The molecule has 2 N–H and O–H groups in total. The Kier molecular flexibility index (Phi) is 3.30. The number of nitrogens with two attached hydrogens (primary N) is 1. The van der Waals surface area contributed by atoms with Crippen molar-refractivity contribution in [2.75, 3.05) is 12.8 Å². The van der Waals surface area contributed by atoms with Gasteiger partial charge >= 0.3 is 0 Å². The molecule has 0 atom stereocenters. The maximum absolute atomic E-state index is 5.99. The van der Waals surface area contributed by atoms with E-state index in [4.69, 9.17) is 26.8 Å². The maximum atomic E-state index is 5.99. The lowest BCUT2D eigenvalue weighted by Gasteiger charge is -2.09. The molecule has 0 saturated carbocycles. The van der Waals surface area contributed by atoms with E-state index in [1.165, 1.54) is 12.5 Å². The molecule has 0 aliphatic carbocycles. The molecule has 0 unspecified atom stereocenters. The summed E-state index contributed by atoms with van der Waals surface area (Å²) in [5.41, 5.74) is 5.64. The van der Waals surface area contributed by atoms with E-state index in [0.717, 1.165) is 0 Å². The lowest BCUT2D eigenvalue weighted by molar-refractivity contribution is 0.409. The minimum absolute atomic E-state index is 0.249. The lowest BCUT2D eigenvalue weighted by atomic mass is 10.3. The number of anilines is 1. The van der Waals surface area contributed by atoms with Crippen LogP contribution in [-0.4, -0.2) is 17.1 Å². The number of halogens is 1. The fourth-order valence-electron chi connectivity index (χ4n) is 1.21. The predicted octanol–water partition coefficient (Wildman–Crippen LogP) is 2.51. The van der Waals surface area contributed by atoms with Gasteiger partial charge in [0.1, 0.15) is 17.8 Å². The molecular weight excluding hydrogens is 242 g/mol. The molecule has 2 rings (SSSR count). The van der Waals surface area contributed by atoms with Crippen LogP contribution in [0.5, 0.6) is 17.2 Å². The van der Waals surface area contributed by atoms with E-state index in [1.807, 2.05) is 0 Å². The highest BCUT2D eigenvalue weighted by molar-refractivity contribution is 6.32. The van der Waals surface area contributed by atoms with E-state index < -0.39 is 0 Å². The van der Waals surface area contributed by atoms with Crippen LogP contribution in [0.2, 0.25) is 5.02 Å². The maximum Gasteiger partial charge on any atom is 0.187 e. The summed E-state index contributed by atoms with van der Waals surface area (Å²) in [4.78, 5) is 7.64. The zero-order valence-corrected chi connectivity index (χ0v) is 9.81. The van der Waals surface area contributed by atoms with Crippen LogP contribution in [0.1, 0.15) is 0 Å². The molecule has 2 aromatic rings. The molecule has 0 radical (unpaired) electrons. The van der Waals surface area contributed by atoms with Crippen molar-refractivity contribution in [2.45, 2.75) is 0 Å². The van der Waals surface area contributed by atoms with Gasteiger partial charge in [-0.05, 0) is 12.1 Å². The zero-order valence-electron chi connectivity index (χ0n) is 9.05. The Hall–Kier alpha value is -2.01. The molecule has 1 heterocycles. The highest BCUT2D eigenvalue weighted by Crippen LogP contribution is 2.33. The number of methoxy groups -OCH3 is 1. The molecule has 0 aliphatic heterocycles. The number of nitrogens with zero attached hydrogens (tertiary/aromatic N) is 2. The summed E-state index contributed by atoms with van der Waals surface area (Å²) in [6.45, 7) is 0. The minimum Gasteiger partial charge on any atom is -0.497 e. The minimum atomic E-state index is 0.249. The monoisotopic (exact) mass is 251 g/mol. The van der Waals surface area contributed by atoms with Crippen molar-refractivity contribution in [3.05, 3.63) is 35.7 Å².